The molecule has 0 aromatic carbocycles. The first-order valence-electron chi connectivity index (χ1n) is 7.60. The summed E-state index contributed by atoms with van der Waals surface area (Å²) in [6, 6.07) is 6.79. The molecule has 6 nitrogen and oxygen atoms in total. The zero-order valence-electron chi connectivity index (χ0n) is 13.8. The topological polar surface area (TPSA) is 84.5 Å². The molecule has 132 valence electrons. The second kappa shape index (κ2) is 9.14. The molecule has 2 N–H and O–H groups in total. The lowest BCUT2D eigenvalue weighted by atomic mass is 10.2. The third kappa shape index (κ3) is 5.54. The van der Waals surface area contributed by atoms with Crippen LogP contribution in [0.3, 0.4) is 0 Å². The molecule has 0 aliphatic carbocycles. The van der Waals surface area contributed by atoms with Crippen molar-refractivity contribution in [1.29, 1.82) is 0 Å². The van der Waals surface area contributed by atoms with Crippen molar-refractivity contribution in [3.8, 4) is 0 Å². The Morgan fingerprint density at radius 2 is 1.92 bits per heavy atom. The Bertz CT molecular complexity index is 752. The van der Waals surface area contributed by atoms with E-state index in [4.69, 9.17) is 4.74 Å². The fourth-order valence-electron chi connectivity index (χ4n) is 1.87. The summed E-state index contributed by atoms with van der Waals surface area (Å²) in [5, 5.41) is 8.33. The summed E-state index contributed by atoms with van der Waals surface area (Å²) in [5.74, 6) is -1.30. The predicted molar refractivity (Wildman–Crippen MR) is 99.3 cm³/mol. The average molecular weight is 378 g/mol. The number of rotatable bonds is 6. The summed E-state index contributed by atoms with van der Waals surface area (Å²) in [5.41, 5.74) is 0.370. The maximum atomic E-state index is 12.5. The number of hydrogen-bond donors (Lipinski definition) is 2. The summed E-state index contributed by atoms with van der Waals surface area (Å²) < 4.78 is 5.24. The van der Waals surface area contributed by atoms with Crippen molar-refractivity contribution in [2.45, 2.75) is 20.0 Å². The normalized spacial score (nSPS) is 12.3. The van der Waals surface area contributed by atoms with Crippen LogP contribution in [0, 0.1) is 0 Å². The van der Waals surface area contributed by atoms with Crippen molar-refractivity contribution in [3.05, 3.63) is 44.8 Å². The van der Waals surface area contributed by atoms with Gasteiger partial charge in [0.05, 0.1) is 5.57 Å². The van der Waals surface area contributed by atoms with Gasteiger partial charge in [0.1, 0.15) is 0 Å². The molecule has 0 aliphatic rings. The maximum absolute atomic E-state index is 12.5. The number of nitrogens with one attached hydrogen (secondary N) is 2. The molecule has 3 amide bonds. The molecule has 25 heavy (non-hydrogen) atoms. The fraction of sp³-hybridized carbons (Fsp3) is 0.235. The van der Waals surface area contributed by atoms with Crippen LogP contribution in [0.2, 0.25) is 0 Å². The van der Waals surface area contributed by atoms with E-state index in [1.807, 2.05) is 35.0 Å². The molecule has 0 fully saturated rings. The lowest BCUT2D eigenvalue weighted by molar-refractivity contribution is -0.148. The second-order valence-corrected chi connectivity index (χ2v) is 6.87. The zero-order valence-corrected chi connectivity index (χ0v) is 15.4. The second-order valence-electron chi connectivity index (χ2n) is 4.95. The van der Waals surface area contributed by atoms with E-state index >= 15 is 0 Å². The van der Waals surface area contributed by atoms with Gasteiger partial charge in [-0.2, -0.15) is 0 Å². The molecule has 2 aromatic heterocycles. The van der Waals surface area contributed by atoms with E-state index in [2.05, 4.69) is 10.6 Å². The highest BCUT2D eigenvalue weighted by Gasteiger charge is 2.23. The van der Waals surface area contributed by atoms with E-state index in [-0.39, 0.29) is 0 Å². The highest BCUT2D eigenvalue weighted by Crippen LogP contribution is 2.26. The first-order valence-corrected chi connectivity index (χ1v) is 9.36. The Morgan fingerprint density at radius 3 is 2.52 bits per heavy atom. The molecular formula is C17H18N2O4S2. The van der Waals surface area contributed by atoms with Crippen LogP contribution in [0.5, 0.6) is 0 Å². The number of thiophene rings is 2. The van der Waals surface area contributed by atoms with Crippen molar-refractivity contribution in [2.75, 3.05) is 6.54 Å². The number of carbonyl (C=O) groups is 3. The molecule has 0 saturated carbocycles. The van der Waals surface area contributed by atoms with Gasteiger partial charge >= 0.3 is 12.0 Å². The standard InChI is InChI=1S/C17H18N2O4S2/c1-3-18-17(22)19-15(20)11(2)23-16(21)13(14-7-5-9-25-14)10-12-6-4-8-24-12/h4-11H,3H2,1-2H3,(H2,18,19,20,22)/b13-10+/t11-/m0/s1. The largest absolute Gasteiger partial charge is 0.449 e. The van der Waals surface area contributed by atoms with Gasteiger partial charge in [0, 0.05) is 16.3 Å². The van der Waals surface area contributed by atoms with Gasteiger partial charge in [-0.15, -0.1) is 22.7 Å². The third-order valence-corrected chi connectivity index (χ3v) is 4.79. The first-order chi connectivity index (χ1) is 12.0. The summed E-state index contributed by atoms with van der Waals surface area (Å²) >= 11 is 2.90. The quantitative estimate of drug-likeness (QED) is 0.597. The van der Waals surface area contributed by atoms with E-state index in [9.17, 15) is 14.4 Å². The average Bonchev–Trinajstić information content (AvgIpc) is 3.26. The number of hydrogen-bond acceptors (Lipinski definition) is 6. The van der Waals surface area contributed by atoms with Crippen molar-refractivity contribution in [1.82, 2.24) is 10.6 Å². The molecule has 0 unspecified atom stereocenters. The van der Waals surface area contributed by atoms with E-state index in [1.165, 1.54) is 29.6 Å². The van der Waals surface area contributed by atoms with Gasteiger partial charge in [0.2, 0.25) is 0 Å². The van der Waals surface area contributed by atoms with E-state index < -0.39 is 24.0 Å². The van der Waals surface area contributed by atoms with Crippen molar-refractivity contribution in [2.24, 2.45) is 0 Å². The third-order valence-electron chi connectivity index (χ3n) is 3.06. The molecule has 2 rings (SSSR count). The lowest BCUT2D eigenvalue weighted by Crippen LogP contribution is -2.44. The molecule has 1 atom stereocenters. The smallest absolute Gasteiger partial charge is 0.340 e. The molecule has 0 saturated heterocycles. The number of urea groups is 1. The molecule has 2 heterocycles. The number of esters is 1. The SMILES string of the molecule is CCNC(=O)NC(=O)[C@H](C)OC(=O)/C(=C/c1cccs1)c1cccs1. The number of amides is 3. The van der Waals surface area contributed by atoms with Crippen molar-refractivity contribution >= 4 is 52.2 Å². The summed E-state index contributed by atoms with van der Waals surface area (Å²) in [6.07, 6.45) is 0.634. The highest BCUT2D eigenvalue weighted by atomic mass is 32.1. The molecule has 2 aromatic rings. The van der Waals surface area contributed by atoms with Gasteiger partial charge in [-0.3, -0.25) is 10.1 Å². The molecule has 0 aliphatic heterocycles. The van der Waals surface area contributed by atoms with Gasteiger partial charge in [-0.1, -0.05) is 12.1 Å². The van der Waals surface area contributed by atoms with Crippen LogP contribution >= 0.6 is 22.7 Å². The Morgan fingerprint density at radius 1 is 1.20 bits per heavy atom. The van der Waals surface area contributed by atoms with Crippen LogP contribution in [0.15, 0.2) is 35.0 Å². The molecule has 8 heteroatoms. The minimum atomic E-state index is -1.10. The van der Waals surface area contributed by atoms with Gasteiger partial charge in [0.15, 0.2) is 6.10 Å². The van der Waals surface area contributed by atoms with Crippen LogP contribution in [0.4, 0.5) is 4.79 Å². The van der Waals surface area contributed by atoms with Crippen LogP contribution in [-0.4, -0.2) is 30.6 Å². The monoisotopic (exact) mass is 378 g/mol. The highest BCUT2D eigenvalue weighted by molar-refractivity contribution is 7.12. The van der Waals surface area contributed by atoms with Crippen LogP contribution < -0.4 is 10.6 Å². The fourth-order valence-corrected chi connectivity index (χ4v) is 3.26. The molecule has 0 bridgehead atoms. The summed E-state index contributed by atoms with van der Waals surface area (Å²) in [4.78, 5) is 37.5. The molecule has 0 spiro atoms. The van der Waals surface area contributed by atoms with E-state index in [0.717, 1.165) is 9.75 Å². The Hall–Kier alpha value is -2.45. The molecular weight excluding hydrogens is 360 g/mol. The van der Waals surface area contributed by atoms with Crippen LogP contribution in [0.1, 0.15) is 23.6 Å². The predicted octanol–water partition coefficient (Wildman–Crippen LogP) is 3.13. The van der Waals surface area contributed by atoms with Crippen LogP contribution in [0.25, 0.3) is 11.6 Å². The lowest BCUT2D eigenvalue weighted by Gasteiger charge is -2.14. The Labute approximate surface area is 153 Å². The van der Waals surface area contributed by atoms with Crippen molar-refractivity contribution < 1.29 is 19.1 Å². The van der Waals surface area contributed by atoms with Crippen LogP contribution in [-0.2, 0) is 14.3 Å². The van der Waals surface area contributed by atoms with Gasteiger partial charge < -0.3 is 10.1 Å². The molecule has 0 radical (unpaired) electrons. The van der Waals surface area contributed by atoms with Gasteiger partial charge in [-0.25, -0.2) is 9.59 Å². The zero-order chi connectivity index (χ0) is 18.2. The summed E-state index contributed by atoms with van der Waals surface area (Å²) in [6.45, 7) is 3.54. The Kier molecular flexibility index (Phi) is 6.91. The van der Waals surface area contributed by atoms with E-state index in [0.29, 0.717) is 12.1 Å². The van der Waals surface area contributed by atoms with Gasteiger partial charge in [-0.05, 0) is 42.8 Å². The Balaban J connectivity index is 2.10. The van der Waals surface area contributed by atoms with E-state index in [1.54, 1.807) is 13.0 Å². The summed E-state index contributed by atoms with van der Waals surface area (Å²) in [7, 11) is 0. The number of carbonyl (C=O) groups excluding carboxylic acids is 3. The maximum Gasteiger partial charge on any atom is 0.340 e. The van der Waals surface area contributed by atoms with Gasteiger partial charge in [0.25, 0.3) is 5.91 Å². The number of ether oxygens (including phenoxy) is 1. The van der Waals surface area contributed by atoms with Crippen molar-refractivity contribution in [3.63, 3.8) is 0 Å². The minimum absolute atomic E-state index is 0.370. The first kappa shape index (κ1) is 18.9. The minimum Gasteiger partial charge on any atom is -0.449 e. The number of imide groups is 1.